The van der Waals surface area contributed by atoms with Crippen LogP contribution < -0.4 is 15.4 Å². The average molecular weight is 465 g/mol. The molecule has 33 heavy (non-hydrogen) atoms. The molecule has 0 aliphatic rings. The molecule has 0 bridgehead atoms. The number of aromatic nitrogens is 2. The summed E-state index contributed by atoms with van der Waals surface area (Å²) >= 11 is 1.28. The van der Waals surface area contributed by atoms with Crippen LogP contribution >= 0.6 is 11.8 Å². The largest absolute Gasteiger partial charge is 0.497 e. The Balaban J connectivity index is 1.40. The van der Waals surface area contributed by atoms with Gasteiger partial charge in [0.15, 0.2) is 5.16 Å². The molecule has 2 amide bonds. The van der Waals surface area contributed by atoms with Gasteiger partial charge in [-0.25, -0.2) is 9.37 Å². The van der Waals surface area contributed by atoms with Crippen LogP contribution in [0.5, 0.6) is 5.75 Å². The first-order valence-electron chi connectivity index (χ1n) is 10.1. The second-order valence-electron chi connectivity index (χ2n) is 7.04. The Morgan fingerprint density at radius 3 is 2.45 bits per heavy atom. The van der Waals surface area contributed by atoms with Crippen molar-refractivity contribution in [3.63, 3.8) is 0 Å². The highest BCUT2D eigenvalue weighted by Crippen LogP contribution is 2.28. The van der Waals surface area contributed by atoms with Crippen molar-refractivity contribution in [3.8, 4) is 11.4 Å². The van der Waals surface area contributed by atoms with Crippen LogP contribution in [0.1, 0.15) is 0 Å². The van der Waals surface area contributed by atoms with E-state index < -0.39 is 5.91 Å². The van der Waals surface area contributed by atoms with Crippen LogP contribution in [0.15, 0.2) is 78.0 Å². The van der Waals surface area contributed by atoms with E-state index in [1.807, 2.05) is 53.1 Å². The van der Waals surface area contributed by atoms with Crippen LogP contribution in [-0.2, 0) is 9.59 Å². The molecule has 0 fully saturated rings. The Bertz CT molecular complexity index is 1270. The van der Waals surface area contributed by atoms with Crippen molar-refractivity contribution in [2.45, 2.75) is 5.16 Å². The summed E-state index contributed by atoms with van der Waals surface area (Å²) in [6, 6.07) is 20.7. The number of rotatable bonds is 8. The van der Waals surface area contributed by atoms with E-state index in [2.05, 4.69) is 15.6 Å². The van der Waals surface area contributed by atoms with Crippen molar-refractivity contribution in [2.75, 3.05) is 24.7 Å². The number of nitrogens with zero attached hydrogens (tertiary/aromatic N) is 2. The molecule has 0 aliphatic heterocycles. The average Bonchev–Trinajstić information content (AvgIpc) is 3.21. The highest BCUT2D eigenvalue weighted by Gasteiger charge is 2.15. The van der Waals surface area contributed by atoms with E-state index in [1.54, 1.807) is 7.11 Å². The number of carbonyl (C=O) groups is 2. The highest BCUT2D eigenvalue weighted by atomic mass is 32.2. The van der Waals surface area contributed by atoms with Crippen molar-refractivity contribution in [1.82, 2.24) is 14.9 Å². The molecule has 4 aromatic rings. The van der Waals surface area contributed by atoms with Gasteiger partial charge in [0.2, 0.25) is 11.8 Å². The van der Waals surface area contributed by atoms with E-state index in [0.717, 1.165) is 22.5 Å². The Morgan fingerprint density at radius 1 is 1.00 bits per heavy atom. The van der Waals surface area contributed by atoms with Crippen molar-refractivity contribution < 1.29 is 18.7 Å². The molecule has 1 heterocycles. The van der Waals surface area contributed by atoms with Crippen LogP contribution in [0.3, 0.4) is 0 Å². The standard InChI is InChI=1S/C24H21FN4O3S/c1-32-19-12-10-18(11-13-19)29-21-5-3-2-4-20(21)28-24(29)33-15-23(31)26-14-22(30)27-17-8-6-16(25)7-9-17/h2-13H,14-15H2,1H3,(H,26,31)(H,27,30). The number of benzene rings is 3. The number of fused-ring (bicyclic) bond motifs is 1. The molecule has 0 spiro atoms. The molecular weight excluding hydrogens is 443 g/mol. The van der Waals surface area contributed by atoms with E-state index in [9.17, 15) is 14.0 Å². The second kappa shape index (κ2) is 10.2. The first-order valence-corrected chi connectivity index (χ1v) is 11.1. The molecule has 0 saturated carbocycles. The maximum absolute atomic E-state index is 13.0. The number of hydrogen-bond donors (Lipinski definition) is 2. The summed E-state index contributed by atoms with van der Waals surface area (Å²) in [5.74, 6) is -0.258. The Hall–Kier alpha value is -3.85. The zero-order valence-electron chi connectivity index (χ0n) is 17.7. The Labute approximate surface area is 194 Å². The number of imidazole rings is 1. The second-order valence-corrected chi connectivity index (χ2v) is 7.98. The number of methoxy groups -OCH3 is 1. The number of anilines is 1. The van der Waals surface area contributed by atoms with Crippen molar-refractivity contribution in [2.24, 2.45) is 0 Å². The molecule has 0 saturated heterocycles. The lowest BCUT2D eigenvalue weighted by molar-refractivity contribution is -0.122. The van der Waals surface area contributed by atoms with Gasteiger partial charge in [-0.3, -0.25) is 14.2 Å². The van der Waals surface area contributed by atoms with Gasteiger partial charge < -0.3 is 15.4 Å². The topological polar surface area (TPSA) is 85.2 Å². The van der Waals surface area contributed by atoms with Gasteiger partial charge in [0.05, 0.1) is 30.4 Å². The summed E-state index contributed by atoms with van der Waals surface area (Å²) in [6.45, 7) is -0.189. The predicted molar refractivity (Wildman–Crippen MR) is 126 cm³/mol. The lowest BCUT2D eigenvalue weighted by Gasteiger charge is -2.10. The zero-order valence-corrected chi connectivity index (χ0v) is 18.6. The Kier molecular flexibility index (Phi) is 6.89. The third-order valence-electron chi connectivity index (χ3n) is 4.77. The van der Waals surface area contributed by atoms with Crippen LogP contribution in [0, 0.1) is 5.82 Å². The Morgan fingerprint density at radius 2 is 1.73 bits per heavy atom. The molecule has 168 valence electrons. The molecule has 0 radical (unpaired) electrons. The zero-order chi connectivity index (χ0) is 23.2. The number of carbonyl (C=O) groups excluding carboxylic acids is 2. The van der Waals surface area contributed by atoms with Gasteiger partial charge in [0.1, 0.15) is 11.6 Å². The van der Waals surface area contributed by atoms with Crippen LogP contribution in [0.4, 0.5) is 10.1 Å². The lowest BCUT2D eigenvalue weighted by atomic mass is 10.2. The van der Waals surface area contributed by atoms with E-state index >= 15 is 0 Å². The molecule has 4 rings (SSSR count). The van der Waals surface area contributed by atoms with E-state index in [1.165, 1.54) is 36.0 Å². The minimum Gasteiger partial charge on any atom is -0.497 e. The van der Waals surface area contributed by atoms with Gasteiger partial charge in [-0.2, -0.15) is 0 Å². The summed E-state index contributed by atoms with van der Waals surface area (Å²) in [5.41, 5.74) is 3.09. The molecule has 0 unspecified atom stereocenters. The molecule has 0 atom stereocenters. The number of halogens is 1. The molecule has 2 N–H and O–H groups in total. The SMILES string of the molecule is COc1ccc(-n2c(SCC(=O)NCC(=O)Nc3ccc(F)cc3)nc3ccccc32)cc1. The first kappa shape index (κ1) is 22.3. The fraction of sp³-hybridized carbons (Fsp3) is 0.125. The smallest absolute Gasteiger partial charge is 0.243 e. The van der Waals surface area contributed by atoms with Gasteiger partial charge in [-0.05, 0) is 60.7 Å². The van der Waals surface area contributed by atoms with E-state index in [-0.39, 0.29) is 24.0 Å². The summed E-state index contributed by atoms with van der Waals surface area (Å²) in [4.78, 5) is 29.0. The van der Waals surface area contributed by atoms with Crippen LogP contribution in [0.2, 0.25) is 0 Å². The third kappa shape index (κ3) is 5.50. The van der Waals surface area contributed by atoms with Crippen LogP contribution in [-0.4, -0.2) is 40.8 Å². The number of nitrogens with one attached hydrogen (secondary N) is 2. The highest BCUT2D eigenvalue weighted by molar-refractivity contribution is 7.99. The van der Waals surface area contributed by atoms with Crippen molar-refractivity contribution in [1.29, 1.82) is 0 Å². The monoisotopic (exact) mass is 464 g/mol. The van der Waals surface area contributed by atoms with Crippen molar-refractivity contribution in [3.05, 3.63) is 78.6 Å². The maximum atomic E-state index is 13.0. The number of ether oxygens (including phenoxy) is 1. The third-order valence-corrected chi connectivity index (χ3v) is 5.71. The van der Waals surface area contributed by atoms with E-state index in [0.29, 0.717) is 10.8 Å². The van der Waals surface area contributed by atoms with Gasteiger partial charge in [0, 0.05) is 11.4 Å². The fourth-order valence-corrected chi connectivity index (χ4v) is 4.04. The lowest BCUT2D eigenvalue weighted by Crippen LogP contribution is -2.33. The van der Waals surface area contributed by atoms with E-state index in [4.69, 9.17) is 4.74 Å². The summed E-state index contributed by atoms with van der Waals surface area (Å²) in [5, 5.41) is 5.85. The fourth-order valence-electron chi connectivity index (χ4n) is 3.18. The quantitative estimate of drug-likeness (QED) is 0.385. The summed E-state index contributed by atoms with van der Waals surface area (Å²) < 4.78 is 20.2. The summed E-state index contributed by atoms with van der Waals surface area (Å²) in [6.07, 6.45) is 0. The van der Waals surface area contributed by atoms with Gasteiger partial charge in [0.25, 0.3) is 0 Å². The number of thioether (sulfide) groups is 1. The normalized spacial score (nSPS) is 10.7. The number of hydrogen-bond acceptors (Lipinski definition) is 5. The first-order chi connectivity index (χ1) is 16.0. The van der Waals surface area contributed by atoms with Crippen LogP contribution in [0.25, 0.3) is 16.7 Å². The molecule has 0 aliphatic carbocycles. The van der Waals surface area contributed by atoms with Gasteiger partial charge in [-0.15, -0.1) is 0 Å². The number of para-hydroxylation sites is 2. The minimum atomic E-state index is -0.398. The van der Waals surface area contributed by atoms with Crippen molar-refractivity contribution >= 4 is 40.3 Å². The number of amides is 2. The van der Waals surface area contributed by atoms with Gasteiger partial charge >= 0.3 is 0 Å². The molecule has 7 nitrogen and oxygen atoms in total. The summed E-state index contributed by atoms with van der Waals surface area (Å²) in [7, 11) is 1.61. The maximum Gasteiger partial charge on any atom is 0.243 e. The minimum absolute atomic E-state index is 0.0866. The molecule has 9 heteroatoms. The van der Waals surface area contributed by atoms with Gasteiger partial charge in [-0.1, -0.05) is 23.9 Å². The molecule has 3 aromatic carbocycles. The molecule has 1 aromatic heterocycles. The predicted octanol–water partition coefficient (Wildman–Crippen LogP) is 4.02. The molecular formula is C24H21FN4O3S.